The molecule has 0 aliphatic rings. The highest BCUT2D eigenvalue weighted by atomic mass is 35.5. The van der Waals surface area contributed by atoms with Gasteiger partial charge in [0, 0.05) is 13.7 Å². The van der Waals surface area contributed by atoms with E-state index in [9.17, 15) is 4.79 Å². The number of rotatable bonds is 6. The molecule has 1 unspecified atom stereocenters. The summed E-state index contributed by atoms with van der Waals surface area (Å²) in [5.74, 6) is 0.390. The van der Waals surface area contributed by atoms with Crippen molar-refractivity contribution >= 4 is 23.5 Å². The molecular weight excluding hydrogens is 322 g/mol. The predicted octanol–water partition coefficient (Wildman–Crippen LogP) is 1.95. The van der Waals surface area contributed by atoms with Gasteiger partial charge in [-0.05, 0) is 20.8 Å². The van der Waals surface area contributed by atoms with E-state index in [1.54, 1.807) is 20.8 Å². The summed E-state index contributed by atoms with van der Waals surface area (Å²) in [5, 5.41) is 14.4. The molecule has 0 aromatic carbocycles. The fourth-order valence-corrected chi connectivity index (χ4v) is 1.76. The second kappa shape index (κ2) is 8.50. The Kier molecular flexibility index (Phi) is 7.00. The number of carbonyl (C=O) groups excluding carboxylic acids is 1. The molecule has 2 N–H and O–H groups in total. The van der Waals surface area contributed by atoms with E-state index in [-0.39, 0.29) is 23.5 Å². The largest absolute Gasteiger partial charge is 0.444 e. The Morgan fingerprint density at radius 3 is 2.74 bits per heavy atom. The highest BCUT2D eigenvalue weighted by Gasteiger charge is 2.19. The van der Waals surface area contributed by atoms with Crippen molar-refractivity contribution in [3.8, 4) is 6.07 Å². The number of nitrogens with zero attached hydrogens (tertiary/aromatic N) is 3. The predicted molar refractivity (Wildman–Crippen MR) is 85.3 cm³/mol. The molecule has 0 saturated carbocycles. The Bertz CT molecular complexity index is 583. The van der Waals surface area contributed by atoms with Crippen molar-refractivity contribution in [1.29, 1.82) is 5.26 Å². The van der Waals surface area contributed by atoms with Crippen molar-refractivity contribution in [1.82, 2.24) is 15.3 Å². The van der Waals surface area contributed by atoms with E-state index in [1.165, 1.54) is 13.3 Å². The van der Waals surface area contributed by atoms with Gasteiger partial charge in [0.2, 0.25) is 0 Å². The molecule has 1 atom stereocenters. The number of nitriles is 1. The van der Waals surface area contributed by atoms with E-state index >= 15 is 0 Å². The summed E-state index contributed by atoms with van der Waals surface area (Å²) in [6, 6.07) is 1.49. The average Bonchev–Trinajstić information content (AvgIpc) is 2.43. The minimum Gasteiger partial charge on any atom is -0.444 e. The Balaban J connectivity index is 2.61. The number of halogens is 1. The van der Waals surface area contributed by atoms with Crippen LogP contribution in [0.25, 0.3) is 0 Å². The zero-order valence-corrected chi connectivity index (χ0v) is 14.3. The lowest BCUT2D eigenvalue weighted by Crippen LogP contribution is -2.45. The number of ether oxygens (including phenoxy) is 2. The van der Waals surface area contributed by atoms with Gasteiger partial charge in [-0.3, -0.25) is 0 Å². The topological polar surface area (TPSA) is 109 Å². The van der Waals surface area contributed by atoms with E-state index < -0.39 is 11.7 Å². The van der Waals surface area contributed by atoms with Gasteiger partial charge in [-0.1, -0.05) is 11.6 Å². The lowest BCUT2D eigenvalue weighted by atomic mass is 10.2. The molecule has 1 heterocycles. The first-order valence-corrected chi connectivity index (χ1v) is 7.28. The van der Waals surface area contributed by atoms with Gasteiger partial charge in [-0.15, -0.1) is 0 Å². The fourth-order valence-electron chi connectivity index (χ4n) is 1.58. The number of amides is 1. The molecule has 1 rings (SSSR count). The Morgan fingerprint density at radius 1 is 1.52 bits per heavy atom. The van der Waals surface area contributed by atoms with Crippen LogP contribution >= 0.6 is 11.6 Å². The maximum atomic E-state index is 11.8. The molecule has 0 aliphatic carbocycles. The summed E-state index contributed by atoms with van der Waals surface area (Å²) in [5.41, 5.74) is -0.529. The molecular formula is C14H20ClN5O3. The van der Waals surface area contributed by atoms with E-state index in [0.29, 0.717) is 12.4 Å². The molecule has 1 aromatic rings. The molecule has 23 heavy (non-hydrogen) atoms. The molecule has 0 saturated heterocycles. The molecule has 1 amide bonds. The first-order chi connectivity index (χ1) is 10.7. The number of carbonyl (C=O) groups is 1. The number of anilines is 1. The molecule has 0 bridgehead atoms. The Morgan fingerprint density at radius 2 is 2.22 bits per heavy atom. The maximum Gasteiger partial charge on any atom is 0.408 e. The third-order valence-corrected chi connectivity index (χ3v) is 2.72. The second-order valence-electron chi connectivity index (χ2n) is 5.69. The minimum absolute atomic E-state index is 0.0147. The molecule has 0 aliphatic heterocycles. The molecule has 9 heteroatoms. The highest BCUT2D eigenvalue weighted by Crippen LogP contribution is 2.12. The van der Waals surface area contributed by atoms with E-state index in [0.717, 1.165) is 0 Å². The summed E-state index contributed by atoms with van der Waals surface area (Å²) >= 11 is 5.81. The van der Waals surface area contributed by atoms with Gasteiger partial charge in [0.1, 0.15) is 17.5 Å². The third-order valence-electron chi connectivity index (χ3n) is 2.45. The van der Waals surface area contributed by atoms with Crippen LogP contribution in [0, 0.1) is 11.3 Å². The first kappa shape index (κ1) is 18.9. The van der Waals surface area contributed by atoms with Crippen LogP contribution in [0.3, 0.4) is 0 Å². The van der Waals surface area contributed by atoms with E-state index in [4.69, 9.17) is 26.3 Å². The smallest absolute Gasteiger partial charge is 0.408 e. The van der Waals surface area contributed by atoms with Crippen LogP contribution in [0.15, 0.2) is 6.20 Å². The van der Waals surface area contributed by atoms with Crippen LogP contribution in [-0.2, 0) is 9.47 Å². The normalized spacial score (nSPS) is 12.2. The number of hydrogen-bond donors (Lipinski definition) is 2. The number of methoxy groups -OCH3 is 1. The van der Waals surface area contributed by atoms with Crippen LogP contribution in [0.1, 0.15) is 26.5 Å². The zero-order chi connectivity index (χ0) is 17.5. The van der Waals surface area contributed by atoms with Crippen molar-refractivity contribution in [3.63, 3.8) is 0 Å². The number of hydrogen-bond acceptors (Lipinski definition) is 7. The van der Waals surface area contributed by atoms with Crippen molar-refractivity contribution in [2.24, 2.45) is 0 Å². The van der Waals surface area contributed by atoms with Crippen molar-refractivity contribution < 1.29 is 14.3 Å². The van der Waals surface area contributed by atoms with Gasteiger partial charge in [0.05, 0.1) is 18.8 Å². The second-order valence-corrected chi connectivity index (χ2v) is 6.04. The minimum atomic E-state index is -0.582. The van der Waals surface area contributed by atoms with Gasteiger partial charge < -0.3 is 20.1 Å². The van der Waals surface area contributed by atoms with Crippen molar-refractivity contribution in [2.45, 2.75) is 32.4 Å². The molecule has 1 aromatic heterocycles. The average molecular weight is 342 g/mol. The van der Waals surface area contributed by atoms with Gasteiger partial charge in [-0.2, -0.15) is 5.26 Å². The third kappa shape index (κ3) is 7.13. The summed E-state index contributed by atoms with van der Waals surface area (Å²) < 4.78 is 10.3. The summed E-state index contributed by atoms with van der Waals surface area (Å²) in [7, 11) is 1.53. The molecule has 0 radical (unpaired) electrons. The highest BCUT2D eigenvalue weighted by molar-refractivity contribution is 6.30. The molecule has 126 valence electrons. The lowest BCUT2D eigenvalue weighted by Gasteiger charge is -2.23. The van der Waals surface area contributed by atoms with Crippen LogP contribution in [0.2, 0.25) is 5.15 Å². The standard InChI is InChI=1S/C14H20ClN5O3/c1-14(2,3)23-13(21)19-9(8-22-4)6-18-11-7-17-10(5-16)12(15)20-11/h7,9H,6,8H2,1-4H3,(H,18,20)(H,19,21). The molecule has 0 spiro atoms. The molecule has 8 nitrogen and oxygen atoms in total. The zero-order valence-electron chi connectivity index (χ0n) is 13.5. The monoisotopic (exact) mass is 341 g/mol. The number of aromatic nitrogens is 2. The Hall–Kier alpha value is -2.11. The molecule has 0 fully saturated rings. The van der Waals surface area contributed by atoms with Crippen LogP contribution in [0.4, 0.5) is 10.6 Å². The summed E-state index contributed by atoms with van der Waals surface area (Å²) in [6.07, 6.45) is 0.854. The number of alkyl carbamates (subject to hydrolysis) is 1. The van der Waals surface area contributed by atoms with Crippen LogP contribution in [0.5, 0.6) is 0 Å². The maximum absolute atomic E-state index is 11.8. The van der Waals surface area contributed by atoms with Crippen LogP contribution in [-0.4, -0.2) is 48.0 Å². The fraction of sp³-hybridized carbons (Fsp3) is 0.571. The SMILES string of the molecule is COCC(CNc1cnc(C#N)c(Cl)n1)NC(=O)OC(C)(C)C. The van der Waals surface area contributed by atoms with Gasteiger partial charge in [-0.25, -0.2) is 14.8 Å². The summed E-state index contributed by atoms with van der Waals surface area (Å²) in [4.78, 5) is 19.7. The lowest BCUT2D eigenvalue weighted by molar-refractivity contribution is 0.0474. The number of nitrogens with one attached hydrogen (secondary N) is 2. The Labute approximate surface area is 140 Å². The van der Waals surface area contributed by atoms with Crippen LogP contribution < -0.4 is 10.6 Å². The summed E-state index contributed by atoms with van der Waals surface area (Å²) in [6.45, 7) is 5.95. The van der Waals surface area contributed by atoms with Gasteiger partial charge in [0.25, 0.3) is 0 Å². The first-order valence-electron chi connectivity index (χ1n) is 6.90. The van der Waals surface area contributed by atoms with Gasteiger partial charge in [0.15, 0.2) is 10.8 Å². The quantitative estimate of drug-likeness (QED) is 0.813. The van der Waals surface area contributed by atoms with Crippen molar-refractivity contribution in [3.05, 3.63) is 17.0 Å². The van der Waals surface area contributed by atoms with E-state index in [2.05, 4.69) is 20.6 Å². The van der Waals surface area contributed by atoms with Crippen molar-refractivity contribution in [2.75, 3.05) is 25.6 Å². The van der Waals surface area contributed by atoms with Gasteiger partial charge >= 0.3 is 6.09 Å². The van der Waals surface area contributed by atoms with E-state index in [1.807, 2.05) is 6.07 Å².